The summed E-state index contributed by atoms with van der Waals surface area (Å²) in [5.74, 6) is 0. The quantitative estimate of drug-likeness (QED) is 0.709. The lowest BCUT2D eigenvalue weighted by atomic mass is 10.3. The first kappa shape index (κ1) is 20.3. The summed E-state index contributed by atoms with van der Waals surface area (Å²) >= 11 is 0. The van der Waals surface area contributed by atoms with Crippen LogP contribution in [0.25, 0.3) is 0 Å². The van der Waals surface area contributed by atoms with Gasteiger partial charge >= 0.3 is 8.80 Å². The van der Waals surface area contributed by atoms with Crippen LogP contribution in [0.1, 0.15) is 34.1 Å². The fourth-order valence-corrected chi connectivity index (χ4v) is 4.80. The predicted molar refractivity (Wildman–Crippen MR) is 90.2 cm³/mol. The summed E-state index contributed by atoms with van der Waals surface area (Å²) < 4.78 is 17.3. The van der Waals surface area contributed by atoms with E-state index in [4.69, 9.17) is 19.0 Å². The third kappa shape index (κ3) is 8.33. The Bertz CT molecular complexity index is 281. The normalized spacial score (nSPS) is 12.4. The molecular weight excluding hydrogens is 282 g/mol. The molecule has 0 heterocycles. The summed E-state index contributed by atoms with van der Waals surface area (Å²) in [6.45, 7) is 10.5. The average molecular weight is 314 g/mol. The van der Waals surface area contributed by atoms with E-state index in [0.29, 0.717) is 26.4 Å². The first-order valence-corrected chi connectivity index (χ1v) is 9.58. The van der Waals surface area contributed by atoms with E-state index in [1.165, 1.54) is 0 Å². The van der Waals surface area contributed by atoms with Crippen LogP contribution in [0.2, 0.25) is 5.54 Å². The number of benzene rings is 1. The highest BCUT2D eigenvalue weighted by atomic mass is 28.4. The molecule has 0 bridgehead atoms. The van der Waals surface area contributed by atoms with E-state index in [1.54, 1.807) is 0 Å². The molecule has 4 nitrogen and oxygen atoms in total. The highest BCUT2D eigenvalue weighted by molar-refractivity contribution is 6.62. The van der Waals surface area contributed by atoms with Gasteiger partial charge in [0, 0.05) is 25.4 Å². The van der Waals surface area contributed by atoms with Gasteiger partial charge in [-0.05, 0) is 33.7 Å². The SMILES string of the molecule is CCO[Si](OCC)(OCC)C(C)CCN.c1ccccc1. The van der Waals surface area contributed by atoms with Crippen molar-refractivity contribution < 1.29 is 13.3 Å². The van der Waals surface area contributed by atoms with Crippen LogP contribution in [-0.4, -0.2) is 35.2 Å². The van der Waals surface area contributed by atoms with E-state index in [9.17, 15) is 0 Å². The number of nitrogens with two attached hydrogens (primary N) is 1. The summed E-state index contributed by atoms with van der Waals surface area (Å²) in [5, 5.41) is 0. The largest absolute Gasteiger partial charge is 0.503 e. The van der Waals surface area contributed by atoms with E-state index >= 15 is 0 Å². The number of hydrogen-bond acceptors (Lipinski definition) is 4. The molecule has 1 atom stereocenters. The van der Waals surface area contributed by atoms with E-state index < -0.39 is 8.80 Å². The van der Waals surface area contributed by atoms with Crippen molar-refractivity contribution in [1.29, 1.82) is 0 Å². The molecule has 0 spiro atoms. The molecular formula is C16H31NO3Si. The van der Waals surface area contributed by atoms with Crippen molar-refractivity contribution in [3.8, 4) is 0 Å². The summed E-state index contributed by atoms with van der Waals surface area (Å²) in [4.78, 5) is 0. The molecule has 122 valence electrons. The number of rotatable bonds is 9. The maximum absolute atomic E-state index is 5.76. The van der Waals surface area contributed by atoms with Gasteiger partial charge in [-0.1, -0.05) is 43.3 Å². The van der Waals surface area contributed by atoms with Gasteiger partial charge in [0.05, 0.1) is 0 Å². The third-order valence-electron chi connectivity index (χ3n) is 2.91. The van der Waals surface area contributed by atoms with Gasteiger partial charge in [0.15, 0.2) is 0 Å². The molecule has 1 unspecified atom stereocenters. The Labute approximate surface area is 131 Å². The van der Waals surface area contributed by atoms with Crippen molar-refractivity contribution in [2.75, 3.05) is 26.4 Å². The van der Waals surface area contributed by atoms with Crippen molar-refractivity contribution in [3.63, 3.8) is 0 Å². The van der Waals surface area contributed by atoms with E-state index in [-0.39, 0.29) is 5.54 Å². The smallest absolute Gasteiger partial charge is 0.374 e. The van der Waals surface area contributed by atoms with Gasteiger partial charge < -0.3 is 19.0 Å². The Morgan fingerprint density at radius 2 is 1.14 bits per heavy atom. The second kappa shape index (κ2) is 13.0. The van der Waals surface area contributed by atoms with Crippen LogP contribution < -0.4 is 5.73 Å². The van der Waals surface area contributed by atoms with E-state index in [2.05, 4.69) is 6.92 Å². The van der Waals surface area contributed by atoms with Gasteiger partial charge in [-0.25, -0.2) is 0 Å². The lowest BCUT2D eigenvalue weighted by Gasteiger charge is -2.33. The average Bonchev–Trinajstić information content (AvgIpc) is 2.50. The topological polar surface area (TPSA) is 53.7 Å². The molecule has 0 amide bonds. The summed E-state index contributed by atoms with van der Waals surface area (Å²) in [6.07, 6.45) is 0.881. The van der Waals surface area contributed by atoms with Crippen molar-refractivity contribution in [2.45, 2.75) is 39.7 Å². The highest BCUT2D eigenvalue weighted by Gasteiger charge is 2.46. The van der Waals surface area contributed by atoms with E-state index in [0.717, 1.165) is 6.42 Å². The van der Waals surface area contributed by atoms with Crippen LogP contribution in [0.15, 0.2) is 36.4 Å². The summed E-state index contributed by atoms with van der Waals surface area (Å²) in [6, 6.07) is 12.0. The molecule has 0 saturated heterocycles. The molecule has 5 heteroatoms. The zero-order valence-electron chi connectivity index (χ0n) is 13.9. The molecule has 0 fully saturated rings. The zero-order chi connectivity index (χ0) is 16.0. The molecule has 21 heavy (non-hydrogen) atoms. The molecule has 0 aliphatic rings. The minimum atomic E-state index is -2.50. The highest BCUT2D eigenvalue weighted by Crippen LogP contribution is 2.28. The molecule has 0 aromatic heterocycles. The first-order chi connectivity index (χ1) is 10.2. The van der Waals surface area contributed by atoms with Crippen molar-refractivity contribution in [1.82, 2.24) is 0 Å². The Kier molecular flexibility index (Phi) is 12.5. The van der Waals surface area contributed by atoms with Crippen molar-refractivity contribution >= 4 is 8.80 Å². The summed E-state index contributed by atoms with van der Waals surface area (Å²) in [5.41, 5.74) is 5.84. The van der Waals surface area contributed by atoms with Crippen LogP contribution in [0, 0.1) is 0 Å². The van der Waals surface area contributed by atoms with E-state index in [1.807, 2.05) is 57.2 Å². The molecule has 1 rings (SSSR count). The minimum Gasteiger partial charge on any atom is -0.374 e. The first-order valence-electron chi connectivity index (χ1n) is 7.78. The lowest BCUT2D eigenvalue weighted by Crippen LogP contribution is -2.50. The Hall–Kier alpha value is -0.723. The maximum atomic E-state index is 5.76. The second-order valence-corrected chi connectivity index (χ2v) is 7.59. The third-order valence-corrected chi connectivity index (χ3v) is 6.48. The Balaban J connectivity index is 0.000000547. The van der Waals surface area contributed by atoms with Gasteiger partial charge in [-0.3, -0.25) is 0 Å². The Morgan fingerprint density at radius 1 is 0.810 bits per heavy atom. The lowest BCUT2D eigenvalue weighted by molar-refractivity contribution is 0.0617. The molecule has 0 saturated carbocycles. The van der Waals surface area contributed by atoms with Crippen LogP contribution in [0.5, 0.6) is 0 Å². The standard InChI is InChI=1S/C10H25NO3Si.C6H6/c1-5-12-15(13-6-2,14-7-3)10(4)8-9-11;1-2-4-6-5-3-1/h10H,5-9,11H2,1-4H3;1-6H. The predicted octanol–water partition coefficient (Wildman–Crippen LogP) is 3.46. The van der Waals surface area contributed by atoms with Crippen LogP contribution in [0.3, 0.4) is 0 Å². The van der Waals surface area contributed by atoms with Crippen molar-refractivity contribution in [3.05, 3.63) is 36.4 Å². The summed E-state index contributed by atoms with van der Waals surface area (Å²) in [7, 11) is -2.50. The molecule has 1 aromatic carbocycles. The fourth-order valence-electron chi connectivity index (χ4n) is 1.97. The van der Waals surface area contributed by atoms with Crippen LogP contribution >= 0.6 is 0 Å². The number of hydrogen-bond donors (Lipinski definition) is 1. The van der Waals surface area contributed by atoms with Gasteiger partial charge in [0.1, 0.15) is 0 Å². The molecule has 0 aliphatic carbocycles. The minimum absolute atomic E-state index is 0.266. The van der Waals surface area contributed by atoms with Crippen LogP contribution in [-0.2, 0) is 13.3 Å². The van der Waals surface area contributed by atoms with Gasteiger partial charge in [0.25, 0.3) is 0 Å². The fraction of sp³-hybridized carbons (Fsp3) is 0.625. The zero-order valence-corrected chi connectivity index (χ0v) is 14.9. The monoisotopic (exact) mass is 313 g/mol. The van der Waals surface area contributed by atoms with Gasteiger partial charge in [0.2, 0.25) is 0 Å². The van der Waals surface area contributed by atoms with Crippen LogP contribution in [0.4, 0.5) is 0 Å². The second-order valence-electron chi connectivity index (χ2n) is 4.54. The molecule has 0 aliphatic heterocycles. The van der Waals surface area contributed by atoms with Gasteiger partial charge in [-0.15, -0.1) is 0 Å². The maximum Gasteiger partial charge on any atom is 0.503 e. The Morgan fingerprint density at radius 3 is 1.38 bits per heavy atom. The molecule has 0 radical (unpaired) electrons. The molecule has 2 N–H and O–H groups in total. The molecule has 1 aromatic rings. The van der Waals surface area contributed by atoms with Crippen molar-refractivity contribution in [2.24, 2.45) is 5.73 Å². The van der Waals surface area contributed by atoms with Gasteiger partial charge in [-0.2, -0.15) is 0 Å².